The van der Waals surface area contributed by atoms with Gasteiger partial charge in [-0.15, -0.1) is 0 Å². The number of benzene rings is 1. The van der Waals surface area contributed by atoms with E-state index in [1.54, 1.807) is 18.7 Å². The molecule has 1 saturated heterocycles. The van der Waals surface area contributed by atoms with Crippen LogP contribution in [0.25, 0.3) is 0 Å². The summed E-state index contributed by atoms with van der Waals surface area (Å²) in [5.41, 5.74) is 0.792. The first kappa shape index (κ1) is 16.3. The van der Waals surface area contributed by atoms with Crippen molar-refractivity contribution in [2.45, 2.75) is 18.8 Å². The number of nitrogens with zero attached hydrogens (tertiary/aromatic N) is 1. The van der Waals surface area contributed by atoms with Gasteiger partial charge < -0.3 is 0 Å². The molecule has 2 rings (SSSR count). The Hall–Kier alpha value is -0.110. The fourth-order valence-electron chi connectivity index (χ4n) is 2.26. The Labute approximate surface area is 132 Å². The van der Waals surface area contributed by atoms with Crippen LogP contribution in [0.4, 0.5) is 4.39 Å². The molecule has 3 nitrogen and oxygen atoms in total. The van der Waals surface area contributed by atoms with Crippen molar-refractivity contribution in [3.05, 3.63) is 34.1 Å². The summed E-state index contributed by atoms with van der Waals surface area (Å²) >= 11 is 4.93. The van der Waals surface area contributed by atoms with Gasteiger partial charge in [0.2, 0.25) is 0 Å². The number of thioether (sulfide) groups is 1. The average molecular weight is 382 g/mol. The fraction of sp³-hybridized carbons (Fsp3) is 0.538. The van der Waals surface area contributed by atoms with Crippen molar-refractivity contribution in [3.8, 4) is 0 Å². The molecule has 0 bridgehead atoms. The largest absolute Gasteiger partial charge is 0.281 e. The number of rotatable bonds is 4. The molecule has 1 fully saturated rings. The standard InChI is InChI=1S/C13H17BrFNO2S2/c1-2-20(17,18)13-9-19-4-3-16(13)8-10-5-11(14)7-12(15)6-10/h5-7,13H,2-4,8-9H2,1H3. The summed E-state index contributed by atoms with van der Waals surface area (Å²) in [5.74, 6) is 1.33. The van der Waals surface area contributed by atoms with E-state index >= 15 is 0 Å². The quantitative estimate of drug-likeness (QED) is 0.803. The van der Waals surface area contributed by atoms with Crippen LogP contribution in [0.1, 0.15) is 12.5 Å². The molecule has 0 N–H and O–H groups in total. The van der Waals surface area contributed by atoms with Gasteiger partial charge >= 0.3 is 0 Å². The van der Waals surface area contributed by atoms with E-state index in [-0.39, 0.29) is 11.6 Å². The lowest BCUT2D eigenvalue weighted by Crippen LogP contribution is -2.47. The Balaban J connectivity index is 2.21. The van der Waals surface area contributed by atoms with Gasteiger partial charge in [0.25, 0.3) is 0 Å². The third kappa shape index (κ3) is 3.96. The van der Waals surface area contributed by atoms with E-state index in [2.05, 4.69) is 15.9 Å². The molecule has 0 aliphatic carbocycles. The van der Waals surface area contributed by atoms with Crippen molar-refractivity contribution in [2.24, 2.45) is 0 Å². The van der Waals surface area contributed by atoms with Gasteiger partial charge in [0.15, 0.2) is 9.84 Å². The minimum Gasteiger partial charge on any atom is -0.281 e. The van der Waals surface area contributed by atoms with Gasteiger partial charge in [-0.2, -0.15) is 11.8 Å². The first-order valence-electron chi connectivity index (χ1n) is 6.40. The van der Waals surface area contributed by atoms with Crippen LogP contribution in [0.5, 0.6) is 0 Å². The van der Waals surface area contributed by atoms with E-state index in [1.165, 1.54) is 12.1 Å². The van der Waals surface area contributed by atoms with Crippen LogP contribution in [0.15, 0.2) is 22.7 Å². The summed E-state index contributed by atoms with van der Waals surface area (Å²) in [5, 5.41) is -0.465. The molecule has 20 heavy (non-hydrogen) atoms. The molecule has 1 heterocycles. The van der Waals surface area contributed by atoms with E-state index in [0.29, 0.717) is 23.3 Å². The van der Waals surface area contributed by atoms with Crippen LogP contribution in [0.3, 0.4) is 0 Å². The third-order valence-electron chi connectivity index (χ3n) is 3.32. The molecule has 1 aliphatic rings. The summed E-state index contributed by atoms with van der Waals surface area (Å²) in [6.07, 6.45) is 0. The zero-order chi connectivity index (χ0) is 14.8. The van der Waals surface area contributed by atoms with Gasteiger partial charge in [0.05, 0.1) is 0 Å². The maximum atomic E-state index is 13.4. The molecule has 1 aromatic rings. The maximum Gasteiger partial charge on any atom is 0.166 e. The molecule has 0 radical (unpaired) electrons. The normalized spacial score (nSPS) is 21.1. The average Bonchev–Trinajstić information content (AvgIpc) is 2.38. The molecule has 7 heteroatoms. The second-order valence-electron chi connectivity index (χ2n) is 4.73. The molecule has 0 amide bonds. The molecule has 0 aromatic heterocycles. The summed E-state index contributed by atoms with van der Waals surface area (Å²) in [4.78, 5) is 1.94. The molecule has 1 aliphatic heterocycles. The molecular formula is C13H17BrFNO2S2. The van der Waals surface area contributed by atoms with Crippen LogP contribution in [-0.4, -0.2) is 42.5 Å². The van der Waals surface area contributed by atoms with Gasteiger partial charge in [-0.3, -0.25) is 4.90 Å². The summed E-state index contributed by atoms with van der Waals surface area (Å²) in [7, 11) is -3.11. The highest BCUT2D eigenvalue weighted by Crippen LogP contribution is 2.24. The number of hydrogen-bond donors (Lipinski definition) is 0. The van der Waals surface area contributed by atoms with Crippen molar-refractivity contribution in [3.63, 3.8) is 0 Å². The SMILES string of the molecule is CCS(=O)(=O)C1CSCCN1Cc1cc(F)cc(Br)c1. The van der Waals surface area contributed by atoms with Crippen molar-refractivity contribution in [1.29, 1.82) is 0 Å². The minimum atomic E-state index is -3.11. The monoisotopic (exact) mass is 381 g/mol. The Kier molecular flexibility index (Phi) is 5.50. The second kappa shape index (κ2) is 6.77. The maximum absolute atomic E-state index is 13.4. The smallest absolute Gasteiger partial charge is 0.166 e. The van der Waals surface area contributed by atoms with Crippen LogP contribution in [-0.2, 0) is 16.4 Å². The molecule has 112 valence electrons. The van der Waals surface area contributed by atoms with Crippen LogP contribution >= 0.6 is 27.7 Å². The molecule has 0 saturated carbocycles. The predicted octanol–water partition coefficient (Wildman–Crippen LogP) is 2.90. The van der Waals surface area contributed by atoms with Gasteiger partial charge in [-0.25, -0.2) is 12.8 Å². The molecule has 1 aromatic carbocycles. The van der Waals surface area contributed by atoms with Gasteiger partial charge in [-0.1, -0.05) is 22.9 Å². The molecule has 1 atom stereocenters. The lowest BCUT2D eigenvalue weighted by atomic mass is 10.2. The second-order valence-corrected chi connectivity index (χ2v) is 9.24. The van der Waals surface area contributed by atoms with Gasteiger partial charge in [0, 0.05) is 34.8 Å². The van der Waals surface area contributed by atoms with E-state index in [9.17, 15) is 12.8 Å². The fourth-order valence-corrected chi connectivity index (χ4v) is 5.85. The minimum absolute atomic E-state index is 0.140. The first-order chi connectivity index (χ1) is 9.42. The van der Waals surface area contributed by atoms with Crippen LogP contribution in [0.2, 0.25) is 0 Å². The predicted molar refractivity (Wildman–Crippen MR) is 85.1 cm³/mol. The molecular weight excluding hydrogens is 365 g/mol. The number of hydrogen-bond acceptors (Lipinski definition) is 4. The zero-order valence-electron chi connectivity index (χ0n) is 11.2. The highest BCUT2D eigenvalue weighted by molar-refractivity contribution is 9.10. The van der Waals surface area contributed by atoms with Gasteiger partial charge in [0.1, 0.15) is 11.2 Å². The van der Waals surface area contributed by atoms with Crippen LogP contribution in [0, 0.1) is 5.82 Å². The highest BCUT2D eigenvalue weighted by atomic mass is 79.9. The van der Waals surface area contributed by atoms with Crippen molar-refractivity contribution in [2.75, 3.05) is 23.8 Å². The van der Waals surface area contributed by atoms with Crippen molar-refractivity contribution in [1.82, 2.24) is 4.90 Å². The topological polar surface area (TPSA) is 37.4 Å². The Morgan fingerprint density at radius 1 is 1.45 bits per heavy atom. The Morgan fingerprint density at radius 2 is 2.20 bits per heavy atom. The van der Waals surface area contributed by atoms with Crippen LogP contribution < -0.4 is 0 Å². The number of halogens is 2. The molecule has 0 spiro atoms. The van der Waals surface area contributed by atoms with E-state index in [0.717, 1.165) is 11.3 Å². The summed E-state index contributed by atoms with van der Waals surface area (Å²) in [6, 6.07) is 4.69. The first-order valence-corrected chi connectivity index (χ1v) is 10.1. The Bertz CT molecular complexity index is 559. The van der Waals surface area contributed by atoms with Crippen molar-refractivity contribution >= 4 is 37.5 Å². The Morgan fingerprint density at radius 3 is 2.85 bits per heavy atom. The van der Waals surface area contributed by atoms with Gasteiger partial charge in [-0.05, 0) is 23.8 Å². The summed E-state index contributed by atoms with van der Waals surface area (Å²) in [6.45, 7) is 2.84. The third-order valence-corrected chi connectivity index (χ3v) is 7.11. The number of sulfone groups is 1. The molecule has 1 unspecified atom stereocenters. The summed E-state index contributed by atoms with van der Waals surface area (Å²) < 4.78 is 38.4. The lowest BCUT2D eigenvalue weighted by Gasteiger charge is -2.34. The zero-order valence-corrected chi connectivity index (χ0v) is 14.4. The van der Waals surface area contributed by atoms with E-state index in [4.69, 9.17) is 0 Å². The lowest BCUT2D eigenvalue weighted by molar-refractivity contribution is 0.261. The van der Waals surface area contributed by atoms with Crippen molar-refractivity contribution < 1.29 is 12.8 Å². The van der Waals surface area contributed by atoms with E-state index in [1.807, 2.05) is 11.0 Å². The van der Waals surface area contributed by atoms with E-state index < -0.39 is 15.2 Å². The highest BCUT2D eigenvalue weighted by Gasteiger charge is 2.32.